The lowest BCUT2D eigenvalue weighted by molar-refractivity contribution is 0.0760. The third kappa shape index (κ3) is 3.85. The average molecular weight is 296 g/mol. The molecule has 0 saturated heterocycles. The molecular weight excluding hydrogens is 274 g/mol. The number of hydrogen-bond acceptors (Lipinski definition) is 3. The van der Waals surface area contributed by atoms with Gasteiger partial charge in [-0.25, -0.2) is 4.98 Å². The number of amides is 1. The molecule has 20 heavy (non-hydrogen) atoms. The second-order valence-corrected chi connectivity index (χ2v) is 5.89. The van der Waals surface area contributed by atoms with Crippen molar-refractivity contribution in [1.82, 2.24) is 9.88 Å². The Labute approximate surface area is 125 Å². The Bertz CT molecular complexity index is 472. The monoisotopic (exact) mass is 295 g/mol. The molecule has 1 aliphatic rings. The van der Waals surface area contributed by atoms with Crippen LogP contribution >= 0.6 is 11.6 Å². The van der Waals surface area contributed by atoms with Gasteiger partial charge in [0.1, 0.15) is 11.0 Å². The number of carbonyl (C=O) groups excluding carboxylic acids is 1. The van der Waals surface area contributed by atoms with E-state index in [2.05, 4.69) is 10.3 Å². The van der Waals surface area contributed by atoms with Gasteiger partial charge in [-0.15, -0.1) is 0 Å². The lowest BCUT2D eigenvalue weighted by Crippen LogP contribution is -2.32. The first-order chi connectivity index (χ1) is 9.60. The second-order valence-electron chi connectivity index (χ2n) is 5.50. The molecule has 0 bridgehead atoms. The van der Waals surface area contributed by atoms with Crippen molar-refractivity contribution >= 4 is 23.3 Å². The van der Waals surface area contributed by atoms with Crippen molar-refractivity contribution in [2.24, 2.45) is 5.92 Å². The number of halogens is 1. The number of nitrogens with one attached hydrogen (secondary N) is 1. The Morgan fingerprint density at radius 3 is 2.75 bits per heavy atom. The molecule has 1 aromatic heterocycles. The first kappa shape index (κ1) is 15.1. The molecule has 1 heterocycles. The minimum atomic E-state index is 0.0105. The molecule has 0 unspecified atom stereocenters. The van der Waals surface area contributed by atoms with Gasteiger partial charge < -0.3 is 10.2 Å². The Morgan fingerprint density at radius 1 is 1.40 bits per heavy atom. The van der Waals surface area contributed by atoms with E-state index in [0.717, 1.165) is 6.54 Å². The minimum absolute atomic E-state index is 0.0105. The molecule has 1 aliphatic carbocycles. The highest BCUT2D eigenvalue weighted by molar-refractivity contribution is 6.29. The zero-order valence-corrected chi connectivity index (χ0v) is 12.9. The van der Waals surface area contributed by atoms with Crippen LogP contribution in [0.3, 0.4) is 0 Å². The molecule has 0 radical (unpaired) electrons. The molecule has 1 fully saturated rings. The van der Waals surface area contributed by atoms with Crippen molar-refractivity contribution in [3.63, 3.8) is 0 Å². The zero-order valence-electron chi connectivity index (χ0n) is 12.2. The fourth-order valence-electron chi connectivity index (χ4n) is 2.81. The largest absolute Gasteiger partial charge is 0.373 e. The highest BCUT2D eigenvalue weighted by atomic mass is 35.5. The van der Waals surface area contributed by atoms with Gasteiger partial charge in [0.2, 0.25) is 0 Å². The quantitative estimate of drug-likeness (QED) is 0.866. The summed E-state index contributed by atoms with van der Waals surface area (Å²) >= 11 is 5.95. The molecule has 110 valence electrons. The van der Waals surface area contributed by atoms with Crippen molar-refractivity contribution < 1.29 is 4.79 Å². The summed E-state index contributed by atoms with van der Waals surface area (Å²) in [5, 5.41) is 3.26. The maximum absolute atomic E-state index is 12.5. The van der Waals surface area contributed by atoms with Crippen LogP contribution in [0.2, 0.25) is 5.15 Å². The molecule has 0 atom stereocenters. The van der Waals surface area contributed by atoms with E-state index in [0.29, 0.717) is 22.5 Å². The first-order valence-corrected chi connectivity index (χ1v) is 7.58. The molecule has 1 aromatic rings. The molecule has 5 heteroatoms. The van der Waals surface area contributed by atoms with E-state index >= 15 is 0 Å². The van der Waals surface area contributed by atoms with Gasteiger partial charge >= 0.3 is 0 Å². The van der Waals surface area contributed by atoms with Crippen molar-refractivity contribution in [3.05, 3.63) is 22.8 Å². The van der Waals surface area contributed by atoms with Crippen molar-refractivity contribution in [3.8, 4) is 0 Å². The van der Waals surface area contributed by atoms with E-state index in [1.807, 2.05) is 7.05 Å². The van der Waals surface area contributed by atoms with Crippen molar-refractivity contribution in [1.29, 1.82) is 0 Å². The minimum Gasteiger partial charge on any atom is -0.373 e. The number of carbonyl (C=O) groups is 1. The highest BCUT2D eigenvalue weighted by Crippen LogP contribution is 2.25. The predicted octanol–water partition coefficient (Wildman–Crippen LogP) is 3.43. The maximum Gasteiger partial charge on any atom is 0.253 e. The van der Waals surface area contributed by atoms with Gasteiger partial charge in [0.15, 0.2) is 0 Å². The van der Waals surface area contributed by atoms with E-state index in [1.54, 1.807) is 24.1 Å². The molecule has 2 rings (SSSR count). The van der Waals surface area contributed by atoms with E-state index < -0.39 is 0 Å². The normalized spacial score (nSPS) is 15.9. The van der Waals surface area contributed by atoms with Gasteiger partial charge in [-0.1, -0.05) is 30.9 Å². The summed E-state index contributed by atoms with van der Waals surface area (Å²) in [6.07, 6.45) is 6.38. The number of nitrogens with zero attached hydrogens (tertiary/aromatic N) is 2. The van der Waals surface area contributed by atoms with Gasteiger partial charge in [0.25, 0.3) is 5.91 Å². The summed E-state index contributed by atoms with van der Waals surface area (Å²) in [5.74, 6) is 1.27. The molecule has 0 aromatic carbocycles. The summed E-state index contributed by atoms with van der Waals surface area (Å²) < 4.78 is 0. The van der Waals surface area contributed by atoms with Gasteiger partial charge in [-0.2, -0.15) is 0 Å². The van der Waals surface area contributed by atoms with Crippen LogP contribution < -0.4 is 5.32 Å². The van der Waals surface area contributed by atoms with Gasteiger partial charge in [0.05, 0.1) is 0 Å². The molecule has 0 spiro atoms. The number of rotatable bonds is 4. The van der Waals surface area contributed by atoms with Crippen LogP contribution in [-0.4, -0.2) is 36.4 Å². The van der Waals surface area contributed by atoms with Gasteiger partial charge in [0, 0.05) is 26.2 Å². The fourth-order valence-corrected chi connectivity index (χ4v) is 3.02. The Balaban J connectivity index is 2.03. The van der Waals surface area contributed by atoms with Crippen LogP contribution in [0.25, 0.3) is 0 Å². The number of aromatic nitrogens is 1. The summed E-state index contributed by atoms with van der Waals surface area (Å²) in [7, 11) is 3.63. The van der Waals surface area contributed by atoms with Crippen LogP contribution in [0.5, 0.6) is 0 Å². The predicted molar refractivity (Wildman–Crippen MR) is 82.3 cm³/mol. The average Bonchev–Trinajstić information content (AvgIpc) is 2.46. The third-order valence-corrected chi connectivity index (χ3v) is 4.09. The highest BCUT2D eigenvalue weighted by Gasteiger charge is 2.19. The number of hydrogen-bond donors (Lipinski definition) is 1. The Kier molecular flexibility index (Phi) is 5.24. The van der Waals surface area contributed by atoms with Crippen LogP contribution in [-0.2, 0) is 0 Å². The van der Waals surface area contributed by atoms with Crippen molar-refractivity contribution in [2.45, 2.75) is 32.1 Å². The van der Waals surface area contributed by atoms with Crippen molar-refractivity contribution in [2.75, 3.05) is 26.0 Å². The molecule has 1 N–H and O–H groups in total. The standard InChI is InChI=1S/C15H22ClN3O/c1-17-14-9-12(8-13(16)18-14)15(20)19(2)10-11-6-4-3-5-7-11/h8-9,11H,3-7,10H2,1-2H3,(H,17,18). The summed E-state index contributed by atoms with van der Waals surface area (Å²) in [6.45, 7) is 0.827. The third-order valence-electron chi connectivity index (χ3n) is 3.90. The lowest BCUT2D eigenvalue weighted by Gasteiger charge is -2.27. The van der Waals surface area contributed by atoms with Crippen LogP contribution in [0.4, 0.5) is 5.82 Å². The number of pyridine rings is 1. The second kappa shape index (κ2) is 6.93. The van der Waals surface area contributed by atoms with Gasteiger partial charge in [-0.05, 0) is 30.9 Å². The van der Waals surface area contributed by atoms with E-state index in [4.69, 9.17) is 11.6 Å². The molecule has 0 aliphatic heterocycles. The lowest BCUT2D eigenvalue weighted by atomic mass is 9.89. The summed E-state index contributed by atoms with van der Waals surface area (Å²) in [5.41, 5.74) is 0.590. The Morgan fingerprint density at radius 2 is 2.10 bits per heavy atom. The fraction of sp³-hybridized carbons (Fsp3) is 0.600. The molecule has 4 nitrogen and oxygen atoms in total. The topological polar surface area (TPSA) is 45.2 Å². The van der Waals surface area contributed by atoms with Crippen LogP contribution in [0.15, 0.2) is 12.1 Å². The van der Waals surface area contributed by atoms with Crippen LogP contribution in [0.1, 0.15) is 42.5 Å². The van der Waals surface area contributed by atoms with E-state index in [9.17, 15) is 4.79 Å². The Hall–Kier alpha value is -1.29. The maximum atomic E-state index is 12.5. The van der Waals surface area contributed by atoms with E-state index in [1.165, 1.54) is 32.1 Å². The summed E-state index contributed by atoms with van der Waals surface area (Å²) in [4.78, 5) is 18.4. The van der Waals surface area contributed by atoms with Crippen LogP contribution in [0, 0.1) is 5.92 Å². The SMILES string of the molecule is CNc1cc(C(=O)N(C)CC2CCCCC2)cc(Cl)n1. The zero-order chi connectivity index (χ0) is 14.5. The van der Waals surface area contributed by atoms with Gasteiger partial charge in [-0.3, -0.25) is 4.79 Å². The summed E-state index contributed by atoms with van der Waals surface area (Å²) in [6, 6.07) is 3.37. The first-order valence-electron chi connectivity index (χ1n) is 7.21. The smallest absolute Gasteiger partial charge is 0.253 e. The molecule has 1 saturated carbocycles. The van der Waals surface area contributed by atoms with E-state index in [-0.39, 0.29) is 5.91 Å². The number of anilines is 1. The molecule has 1 amide bonds. The molecular formula is C15H22ClN3O.